The van der Waals surface area contributed by atoms with E-state index in [1.165, 1.54) is 38.5 Å². The summed E-state index contributed by atoms with van der Waals surface area (Å²) in [5, 5.41) is 4.42. The third kappa shape index (κ3) is 4.20. The van der Waals surface area contributed by atoms with Crippen molar-refractivity contribution >= 4 is 28.4 Å². The fraction of sp³-hybridized carbons (Fsp3) is 0.591. The van der Waals surface area contributed by atoms with Gasteiger partial charge in [-0.15, -0.1) is 0 Å². The van der Waals surface area contributed by atoms with E-state index in [1.807, 2.05) is 22.9 Å². The number of hydrogen-bond donors (Lipinski definition) is 1. The van der Waals surface area contributed by atoms with Crippen LogP contribution >= 0.6 is 11.6 Å². The van der Waals surface area contributed by atoms with Crippen LogP contribution in [0, 0.1) is 5.92 Å². The molecule has 1 aromatic carbocycles. The molecule has 0 radical (unpaired) electrons. The van der Waals surface area contributed by atoms with Gasteiger partial charge >= 0.3 is 0 Å². The average Bonchev–Trinajstić information content (AvgIpc) is 2.85. The van der Waals surface area contributed by atoms with Crippen LogP contribution in [0.4, 0.5) is 4.39 Å². The molecule has 2 aromatic rings. The van der Waals surface area contributed by atoms with Crippen LogP contribution in [0.1, 0.15) is 55.3 Å². The predicted octanol–water partition coefficient (Wildman–Crippen LogP) is 5.12. The second-order valence-corrected chi connectivity index (χ2v) is 8.74. The van der Waals surface area contributed by atoms with E-state index in [2.05, 4.69) is 5.32 Å². The summed E-state index contributed by atoms with van der Waals surface area (Å²) in [6, 6.07) is 5.60. The fourth-order valence-corrected chi connectivity index (χ4v) is 4.63. The Morgan fingerprint density at radius 2 is 2.00 bits per heavy atom. The lowest BCUT2D eigenvalue weighted by molar-refractivity contribution is -0.134. The third-order valence-electron chi connectivity index (χ3n) is 6.15. The fourth-order valence-electron chi connectivity index (χ4n) is 4.35. The van der Waals surface area contributed by atoms with Crippen LogP contribution < -0.4 is 5.32 Å². The Kier molecular flexibility index (Phi) is 5.93. The van der Waals surface area contributed by atoms with Crippen LogP contribution in [0.3, 0.4) is 0 Å². The van der Waals surface area contributed by atoms with E-state index in [1.54, 1.807) is 6.07 Å². The van der Waals surface area contributed by atoms with Gasteiger partial charge in [-0.1, -0.05) is 43.4 Å². The SMILES string of the molecule is O=C(NCC1CCCCCC1)c1cn(CCC2(F)COC2)c2cccc(Cl)c12. The van der Waals surface area contributed by atoms with Gasteiger partial charge in [-0.3, -0.25) is 4.79 Å². The highest BCUT2D eigenvalue weighted by molar-refractivity contribution is 6.36. The van der Waals surface area contributed by atoms with Crippen LogP contribution in [0.2, 0.25) is 5.02 Å². The first kappa shape index (κ1) is 19.7. The number of alkyl halides is 1. The number of halogens is 2. The first-order valence-corrected chi connectivity index (χ1v) is 10.8. The molecule has 0 spiro atoms. The zero-order valence-corrected chi connectivity index (χ0v) is 16.9. The van der Waals surface area contributed by atoms with Gasteiger partial charge in [-0.2, -0.15) is 0 Å². The topological polar surface area (TPSA) is 43.3 Å². The normalized spacial score (nSPS) is 19.9. The zero-order valence-electron chi connectivity index (χ0n) is 16.2. The van der Waals surface area contributed by atoms with Crippen LogP contribution in [0.15, 0.2) is 24.4 Å². The summed E-state index contributed by atoms with van der Waals surface area (Å²) in [5.74, 6) is 0.461. The summed E-state index contributed by atoms with van der Waals surface area (Å²) in [5.41, 5.74) is 0.194. The van der Waals surface area contributed by atoms with Crippen molar-refractivity contribution < 1.29 is 13.9 Å². The van der Waals surface area contributed by atoms with Gasteiger partial charge in [-0.05, 0) is 30.9 Å². The Balaban J connectivity index is 1.51. The van der Waals surface area contributed by atoms with E-state index in [0.717, 1.165) is 10.9 Å². The lowest BCUT2D eigenvalue weighted by atomic mass is 10.0. The van der Waals surface area contributed by atoms with Crippen molar-refractivity contribution in [3.05, 3.63) is 35.0 Å². The summed E-state index contributed by atoms with van der Waals surface area (Å²) < 4.78 is 21.3. The predicted molar refractivity (Wildman–Crippen MR) is 110 cm³/mol. The summed E-state index contributed by atoms with van der Waals surface area (Å²) in [6.07, 6.45) is 9.66. The molecule has 6 heteroatoms. The standard InChI is InChI=1S/C22H28ClFN2O2/c23-18-8-5-9-19-20(18)17(13-26(19)11-10-22(24)14-28-15-22)21(27)25-12-16-6-3-1-2-4-7-16/h5,8-9,13,16H,1-4,6-7,10-12,14-15H2,(H,25,27). The number of benzene rings is 1. The minimum absolute atomic E-state index is 0.0944. The highest BCUT2D eigenvalue weighted by Gasteiger charge is 2.38. The number of nitrogens with zero attached hydrogens (tertiary/aromatic N) is 1. The first-order valence-electron chi connectivity index (χ1n) is 10.4. The van der Waals surface area contributed by atoms with E-state index in [4.69, 9.17) is 16.3 Å². The molecule has 2 fully saturated rings. The number of aromatic nitrogens is 1. The van der Waals surface area contributed by atoms with Gasteiger partial charge in [0, 0.05) is 31.1 Å². The average molecular weight is 407 g/mol. The molecule has 4 rings (SSSR count). The van der Waals surface area contributed by atoms with Crippen molar-refractivity contribution in [2.45, 2.75) is 57.2 Å². The molecule has 0 bridgehead atoms. The molecule has 4 nitrogen and oxygen atoms in total. The molecule has 0 atom stereocenters. The number of fused-ring (bicyclic) bond motifs is 1. The molecule has 1 aromatic heterocycles. The van der Waals surface area contributed by atoms with E-state index in [0.29, 0.717) is 36.0 Å². The maximum atomic E-state index is 14.4. The Hall–Kier alpha value is -1.59. The summed E-state index contributed by atoms with van der Waals surface area (Å²) in [6.45, 7) is 1.51. The molecule has 28 heavy (non-hydrogen) atoms. The number of rotatable bonds is 6. The molecule has 1 saturated carbocycles. The lowest BCUT2D eigenvalue weighted by Gasteiger charge is -2.33. The van der Waals surface area contributed by atoms with Crippen molar-refractivity contribution in [3.8, 4) is 0 Å². The largest absolute Gasteiger partial charge is 0.375 e. The minimum Gasteiger partial charge on any atom is -0.375 e. The Bertz CT molecular complexity index is 838. The van der Waals surface area contributed by atoms with Gasteiger partial charge in [0.25, 0.3) is 5.91 Å². The maximum absolute atomic E-state index is 14.4. The number of hydrogen-bond acceptors (Lipinski definition) is 2. The molecule has 1 amide bonds. The van der Waals surface area contributed by atoms with Gasteiger partial charge in [0.15, 0.2) is 5.67 Å². The van der Waals surface area contributed by atoms with Crippen LogP contribution in [-0.4, -0.2) is 35.9 Å². The van der Waals surface area contributed by atoms with Crippen LogP contribution in [0.5, 0.6) is 0 Å². The number of carbonyl (C=O) groups is 1. The van der Waals surface area contributed by atoms with Gasteiger partial charge in [0.05, 0.1) is 29.3 Å². The monoisotopic (exact) mass is 406 g/mol. The van der Waals surface area contributed by atoms with Crippen molar-refractivity contribution in [3.63, 3.8) is 0 Å². The molecular formula is C22H28ClFN2O2. The van der Waals surface area contributed by atoms with Crippen molar-refractivity contribution in [2.24, 2.45) is 5.92 Å². The van der Waals surface area contributed by atoms with Crippen molar-refractivity contribution in [2.75, 3.05) is 19.8 Å². The molecular weight excluding hydrogens is 379 g/mol. The molecule has 1 aliphatic carbocycles. The smallest absolute Gasteiger partial charge is 0.253 e. The lowest BCUT2D eigenvalue weighted by Crippen LogP contribution is -2.46. The number of aryl methyl sites for hydroxylation is 1. The van der Waals surface area contributed by atoms with Gasteiger partial charge < -0.3 is 14.6 Å². The second-order valence-electron chi connectivity index (χ2n) is 8.33. The molecule has 2 aliphatic rings. The van der Waals surface area contributed by atoms with E-state index in [9.17, 15) is 9.18 Å². The Labute approximate surface area is 170 Å². The highest BCUT2D eigenvalue weighted by atomic mass is 35.5. The second kappa shape index (κ2) is 8.42. The Morgan fingerprint density at radius 3 is 2.68 bits per heavy atom. The zero-order chi connectivity index (χ0) is 19.6. The van der Waals surface area contributed by atoms with Gasteiger partial charge in [0.1, 0.15) is 0 Å². The van der Waals surface area contributed by atoms with E-state index in [-0.39, 0.29) is 19.1 Å². The van der Waals surface area contributed by atoms with Gasteiger partial charge in [0.2, 0.25) is 0 Å². The van der Waals surface area contributed by atoms with E-state index >= 15 is 0 Å². The number of nitrogens with one attached hydrogen (secondary N) is 1. The molecule has 2 heterocycles. The molecule has 1 saturated heterocycles. The minimum atomic E-state index is -1.25. The van der Waals surface area contributed by atoms with E-state index < -0.39 is 5.67 Å². The van der Waals surface area contributed by atoms with Crippen molar-refractivity contribution in [1.29, 1.82) is 0 Å². The quantitative estimate of drug-likeness (QED) is 0.676. The number of amides is 1. The van der Waals surface area contributed by atoms with Crippen molar-refractivity contribution in [1.82, 2.24) is 9.88 Å². The third-order valence-corrected chi connectivity index (χ3v) is 6.46. The first-order chi connectivity index (χ1) is 13.6. The molecule has 0 unspecified atom stereocenters. The molecule has 152 valence electrons. The highest BCUT2D eigenvalue weighted by Crippen LogP contribution is 2.32. The molecule has 1 aliphatic heterocycles. The van der Waals surface area contributed by atoms with Crippen LogP contribution in [-0.2, 0) is 11.3 Å². The van der Waals surface area contributed by atoms with Gasteiger partial charge in [-0.25, -0.2) is 4.39 Å². The van der Waals surface area contributed by atoms with Crippen LogP contribution in [0.25, 0.3) is 10.9 Å². The summed E-state index contributed by atoms with van der Waals surface area (Å²) >= 11 is 6.43. The molecule has 1 N–H and O–H groups in total. The summed E-state index contributed by atoms with van der Waals surface area (Å²) in [7, 11) is 0. The number of ether oxygens (including phenoxy) is 1. The Morgan fingerprint density at radius 1 is 1.25 bits per heavy atom. The number of carbonyl (C=O) groups excluding carboxylic acids is 1. The summed E-state index contributed by atoms with van der Waals surface area (Å²) in [4.78, 5) is 12.9. The maximum Gasteiger partial charge on any atom is 0.253 e.